The van der Waals surface area contributed by atoms with Crippen LogP contribution in [0.3, 0.4) is 0 Å². The van der Waals surface area contributed by atoms with Crippen LogP contribution in [-0.4, -0.2) is 28.2 Å². The highest BCUT2D eigenvalue weighted by atomic mass is 16.3. The smallest absolute Gasteiger partial charge is 0.268 e. The van der Waals surface area contributed by atoms with Crippen LogP contribution in [0.2, 0.25) is 0 Å². The maximum absolute atomic E-state index is 11.9. The van der Waals surface area contributed by atoms with Gasteiger partial charge in [0.05, 0.1) is 12.3 Å². The molecular formula is C11H19N3O2. The third kappa shape index (κ3) is 2.76. The molecule has 1 aromatic rings. The Labute approximate surface area is 95.3 Å². The fourth-order valence-corrected chi connectivity index (χ4v) is 1.45. The van der Waals surface area contributed by atoms with E-state index in [1.165, 1.54) is 0 Å². The zero-order valence-corrected chi connectivity index (χ0v) is 9.90. The molecule has 5 heteroatoms. The highest BCUT2D eigenvalue weighted by Gasteiger charge is 2.16. The SMILES string of the molecule is CC(CO)NC(=O)c1cc(N)cn1C(C)C. The van der Waals surface area contributed by atoms with Gasteiger partial charge in [0.2, 0.25) is 0 Å². The zero-order chi connectivity index (χ0) is 12.3. The van der Waals surface area contributed by atoms with Crippen molar-refractivity contribution in [1.82, 2.24) is 9.88 Å². The van der Waals surface area contributed by atoms with Crippen molar-refractivity contribution in [3.8, 4) is 0 Å². The Morgan fingerprint density at radius 2 is 2.19 bits per heavy atom. The molecule has 0 spiro atoms. The van der Waals surface area contributed by atoms with Crippen molar-refractivity contribution in [3.63, 3.8) is 0 Å². The summed E-state index contributed by atoms with van der Waals surface area (Å²) < 4.78 is 1.81. The standard InChI is InChI=1S/C11H19N3O2/c1-7(2)14-5-9(12)4-10(14)11(16)13-8(3)6-15/h4-5,7-8,15H,6,12H2,1-3H3,(H,13,16). The number of carbonyl (C=O) groups excluding carboxylic acids is 1. The third-order valence-electron chi connectivity index (χ3n) is 2.31. The van der Waals surface area contributed by atoms with Gasteiger partial charge in [-0.15, -0.1) is 0 Å². The molecule has 4 N–H and O–H groups in total. The number of aliphatic hydroxyl groups is 1. The van der Waals surface area contributed by atoms with Gasteiger partial charge in [0.25, 0.3) is 5.91 Å². The normalized spacial score (nSPS) is 12.8. The number of carbonyl (C=O) groups is 1. The maximum Gasteiger partial charge on any atom is 0.268 e. The summed E-state index contributed by atoms with van der Waals surface area (Å²) in [5, 5.41) is 11.6. The number of hydrogen-bond donors (Lipinski definition) is 3. The van der Waals surface area contributed by atoms with Gasteiger partial charge in [-0.1, -0.05) is 0 Å². The number of aliphatic hydroxyl groups excluding tert-OH is 1. The average molecular weight is 225 g/mol. The summed E-state index contributed by atoms with van der Waals surface area (Å²) in [5.41, 5.74) is 6.75. The first-order chi connectivity index (χ1) is 7.45. The number of nitrogen functional groups attached to an aromatic ring is 1. The third-order valence-corrected chi connectivity index (χ3v) is 2.31. The lowest BCUT2D eigenvalue weighted by Crippen LogP contribution is -2.36. The predicted octanol–water partition coefficient (Wildman–Crippen LogP) is 0.762. The largest absolute Gasteiger partial charge is 0.397 e. The Bertz CT molecular complexity index is 371. The molecule has 0 saturated carbocycles. The summed E-state index contributed by atoms with van der Waals surface area (Å²) >= 11 is 0. The number of hydrogen-bond acceptors (Lipinski definition) is 3. The van der Waals surface area contributed by atoms with Gasteiger partial charge in [-0.2, -0.15) is 0 Å². The lowest BCUT2D eigenvalue weighted by molar-refractivity contribution is 0.0911. The van der Waals surface area contributed by atoms with Crippen molar-refractivity contribution in [1.29, 1.82) is 0 Å². The van der Waals surface area contributed by atoms with Crippen molar-refractivity contribution in [2.45, 2.75) is 32.9 Å². The summed E-state index contributed by atoms with van der Waals surface area (Å²) in [6.07, 6.45) is 1.74. The van der Waals surface area contributed by atoms with E-state index in [9.17, 15) is 4.79 Å². The van der Waals surface area contributed by atoms with E-state index in [4.69, 9.17) is 10.8 Å². The molecule has 0 aliphatic rings. The van der Waals surface area contributed by atoms with E-state index in [2.05, 4.69) is 5.32 Å². The van der Waals surface area contributed by atoms with E-state index in [0.29, 0.717) is 11.4 Å². The molecule has 0 bridgehead atoms. The Balaban J connectivity index is 2.90. The van der Waals surface area contributed by atoms with E-state index in [0.717, 1.165) is 0 Å². The van der Waals surface area contributed by atoms with Crippen LogP contribution in [0.15, 0.2) is 12.3 Å². The summed E-state index contributed by atoms with van der Waals surface area (Å²) in [6.45, 7) is 5.62. The first-order valence-corrected chi connectivity index (χ1v) is 5.34. The van der Waals surface area contributed by atoms with Crippen LogP contribution in [0.4, 0.5) is 5.69 Å². The van der Waals surface area contributed by atoms with Gasteiger partial charge in [0.1, 0.15) is 5.69 Å². The zero-order valence-electron chi connectivity index (χ0n) is 9.90. The number of rotatable bonds is 4. The molecule has 0 aliphatic heterocycles. The van der Waals surface area contributed by atoms with Crippen molar-refractivity contribution in [3.05, 3.63) is 18.0 Å². The second-order valence-electron chi connectivity index (χ2n) is 4.22. The van der Waals surface area contributed by atoms with Crippen LogP contribution in [0.1, 0.15) is 37.3 Å². The highest BCUT2D eigenvalue weighted by Crippen LogP contribution is 2.16. The van der Waals surface area contributed by atoms with E-state index in [1.54, 1.807) is 19.2 Å². The molecule has 1 atom stereocenters. The van der Waals surface area contributed by atoms with E-state index < -0.39 is 0 Å². The predicted molar refractivity (Wildman–Crippen MR) is 63.2 cm³/mol. The van der Waals surface area contributed by atoms with E-state index >= 15 is 0 Å². The van der Waals surface area contributed by atoms with Crippen LogP contribution in [-0.2, 0) is 0 Å². The fraction of sp³-hybridized carbons (Fsp3) is 0.545. The van der Waals surface area contributed by atoms with Gasteiger partial charge >= 0.3 is 0 Å². The average Bonchev–Trinajstić information content (AvgIpc) is 2.60. The molecular weight excluding hydrogens is 206 g/mol. The highest BCUT2D eigenvalue weighted by molar-refractivity contribution is 5.94. The van der Waals surface area contributed by atoms with Crippen LogP contribution in [0.5, 0.6) is 0 Å². The molecule has 90 valence electrons. The number of anilines is 1. The van der Waals surface area contributed by atoms with Crippen molar-refractivity contribution >= 4 is 11.6 Å². The molecule has 1 rings (SSSR count). The lowest BCUT2D eigenvalue weighted by Gasteiger charge is -2.15. The summed E-state index contributed by atoms with van der Waals surface area (Å²) in [5.74, 6) is -0.216. The van der Waals surface area contributed by atoms with Crippen LogP contribution < -0.4 is 11.1 Å². The van der Waals surface area contributed by atoms with Gasteiger partial charge in [0, 0.05) is 18.3 Å². The van der Waals surface area contributed by atoms with E-state index in [1.807, 2.05) is 18.4 Å². The molecule has 1 unspecified atom stereocenters. The van der Waals surface area contributed by atoms with Crippen molar-refractivity contribution < 1.29 is 9.90 Å². The summed E-state index contributed by atoms with van der Waals surface area (Å²) in [6, 6.07) is 1.55. The molecule has 0 aliphatic carbocycles. The number of amides is 1. The van der Waals surface area contributed by atoms with Gasteiger partial charge < -0.3 is 20.7 Å². The minimum Gasteiger partial charge on any atom is -0.397 e. The Hall–Kier alpha value is -1.49. The summed E-state index contributed by atoms with van der Waals surface area (Å²) in [4.78, 5) is 11.9. The molecule has 0 radical (unpaired) electrons. The van der Waals surface area contributed by atoms with Crippen LogP contribution in [0, 0.1) is 0 Å². The molecule has 0 aromatic carbocycles. The number of nitrogens with two attached hydrogens (primary N) is 1. The van der Waals surface area contributed by atoms with Crippen molar-refractivity contribution in [2.75, 3.05) is 12.3 Å². The van der Waals surface area contributed by atoms with Crippen LogP contribution in [0.25, 0.3) is 0 Å². The van der Waals surface area contributed by atoms with Gasteiger partial charge in [-0.05, 0) is 26.8 Å². The van der Waals surface area contributed by atoms with Gasteiger partial charge in [0.15, 0.2) is 0 Å². The Kier molecular flexibility index (Phi) is 3.95. The topological polar surface area (TPSA) is 80.3 Å². The number of aromatic nitrogens is 1. The molecule has 1 aromatic heterocycles. The lowest BCUT2D eigenvalue weighted by atomic mass is 10.3. The van der Waals surface area contributed by atoms with Gasteiger partial charge in [-0.3, -0.25) is 4.79 Å². The second kappa shape index (κ2) is 5.03. The Morgan fingerprint density at radius 3 is 2.69 bits per heavy atom. The molecule has 0 saturated heterocycles. The number of nitrogens with zero attached hydrogens (tertiary/aromatic N) is 1. The Morgan fingerprint density at radius 1 is 1.56 bits per heavy atom. The molecule has 0 fully saturated rings. The summed E-state index contributed by atoms with van der Waals surface area (Å²) in [7, 11) is 0. The minimum atomic E-state index is -0.260. The maximum atomic E-state index is 11.9. The first-order valence-electron chi connectivity index (χ1n) is 5.34. The first kappa shape index (κ1) is 12.6. The quantitative estimate of drug-likeness (QED) is 0.707. The van der Waals surface area contributed by atoms with Crippen molar-refractivity contribution in [2.24, 2.45) is 0 Å². The van der Waals surface area contributed by atoms with Gasteiger partial charge in [-0.25, -0.2) is 0 Å². The minimum absolute atomic E-state index is 0.0798. The van der Waals surface area contributed by atoms with E-state index in [-0.39, 0.29) is 24.6 Å². The molecule has 5 nitrogen and oxygen atoms in total. The number of nitrogens with one attached hydrogen (secondary N) is 1. The molecule has 1 amide bonds. The second-order valence-corrected chi connectivity index (χ2v) is 4.22. The monoisotopic (exact) mass is 225 g/mol. The molecule has 16 heavy (non-hydrogen) atoms. The fourth-order valence-electron chi connectivity index (χ4n) is 1.45. The molecule has 1 heterocycles. The van der Waals surface area contributed by atoms with Crippen LogP contribution >= 0.6 is 0 Å².